The Morgan fingerprint density at radius 1 is 1.35 bits per heavy atom. The van der Waals surface area contributed by atoms with E-state index in [1.54, 1.807) is 19.2 Å². The Kier molecular flexibility index (Phi) is 6.28. The Morgan fingerprint density at radius 3 is 2.97 bits per heavy atom. The van der Waals surface area contributed by atoms with E-state index < -0.39 is 11.9 Å². The summed E-state index contributed by atoms with van der Waals surface area (Å²) in [6.45, 7) is 2.77. The summed E-state index contributed by atoms with van der Waals surface area (Å²) in [4.78, 5) is 27.9. The van der Waals surface area contributed by atoms with Crippen LogP contribution in [-0.2, 0) is 16.0 Å². The first-order valence-electron chi connectivity index (χ1n) is 10.1. The van der Waals surface area contributed by atoms with Gasteiger partial charge in [-0.05, 0) is 25.2 Å². The molecule has 2 amide bonds. The maximum Gasteiger partial charge on any atom is 0.414 e. The number of anilines is 2. The molecule has 2 aliphatic heterocycles. The monoisotopic (exact) mass is 432 g/mol. The highest BCUT2D eigenvalue weighted by atomic mass is 19.1. The normalized spacial score (nSPS) is 19.5. The summed E-state index contributed by atoms with van der Waals surface area (Å²) in [5, 5.41) is 14.6. The van der Waals surface area contributed by atoms with Crippen molar-refractivity contribution in [1.29, 1.82) is 0 Å². The molecule has 0 unspecified atom stereocenters. The van der Waals surface area contributed by atoms with Gasteiger partial charge in [-0.2, -0.15) is 15.4 Å². The summed E-state index contributed by atoms with van der Waals surface area (Å²) < 4.78 is 20.2. The van der Waals surface area contributed by atoms with Gasteiger partial charge in [0.2, 0.25) is 5.91 Å². The molecule has 2 fully saturated rings. The minimum Gasteiger partial charge on any atom is -0.443 e. The van der Waals surface area contributed by atoms with Gasteiger partial charge in [0.25, 0.3) is 0 Å². The zero-order valence-electron chi connectivity index (χ0n) is 17.2. The quantitative estimate of drug-likeness (QED) is 0.579. The maximum atomic E-state index is 14.9. The zero-order valence-corrected chi connectivity index (χ0v) is 17.2. The Morgan fingerprint density at radius 2 is 2.23 bits per heavy atom. The van der Waals surface area contributed by atoms with Crippen molar-refractivity contribution in [2.45, 2.75) is 12.5 Å². The fourth-order valence-corrected chi connectivity index (χ4v) is 3.73. The maximum absolute atomic E-state index is 14.9. The number of cyclic esters (lactones) is 1. The van der Waals surface area contributed by atoms with Gasteiger partial charge in [-0.15, -0.1) is 0 Å². The number of nitrogens with zero attached hydrogens (tertiary/aromatic N) is 5. The number of H-pyrrole nitrogens is 1. The molecule has 2 aliphatic rings. The largest absolute Gasteiger partial charge is 0.443 e. The molecule has 0 radical (unpaired) electrons. The summed E-state index contributed by atoms with van der Waals surface area (Å²) >= 11 is 0. The van der Waals surface area contributed by atoms with E-state index in [1.165, 1.54) is 22.2 Å². The minimum absolute atomic E-state index is 0.129. The molecule has 0 saturated carbocycles. The predicted octanol–water partition coefficient (Wildman–Crippen LogP) is -0.116. The van der Waals surface area contributed by atoms with Gasteiger partial charge in [-0.25, -0.2) is 14.6 Å². The summed E-state index contributed by atoms with van der Waals surface area (Å²) in [7, 11) is 1.78. The highest BCUT2D eigenvalue weighted by molar-refractivity contribution is 5.90. The first-order chi connectivity index (χ1) is 15.0. The second-order valence-corrected chi connectivity index (χ2v) is 7.39. The molecule has 2 aromatic rings. The molecule has 3 heterocycles. The van der Waals surface area contributed by atoms with Crippen molar-refractivity contribution in [3.8, 4) is 0 Å². The number of aromatic nitrogens is 3. The van der Waals surface area contributed by atoms with Crippen molar-refractivity contribution >= 4 is 23.4 Å². The van der Waals surface area contributed by atoms with Crippen LogP contribution < -0.4 is 20.5 Å². The lowest BCUT2D eigenvalue weighted by atomic mass is 10.2. The SMILES string of the molecule is CNC[C@H]1CN(c2ccc(N3CCNN(C(=O)Cc4cn[nH]n4)CC3)c(F)c2)C(=O)O1. The van der Waals surface area contributed by atoms with E-state index >= 15 is 0 Å². The number of nitrogens with one attached hydrogen (secondary N) is 3. The molecule has 31 heavy (non-hydrogen) atoms. The van der Waals surface area contributed by atoms with E-state index in [2.05, 4.69) is 26.2 Å². The van der Waals surface area contributed by atoms with Crippen LogP contribution in [0, 0.1) is 5.82 Å². The van der Waals surface area contributed by atoms with E-state index in [0.717, 1.165) is 0 Å². The number of hydrazine groups is 1. The Labute approximate surface area is 178 Å². The van der Waals surface area contributed by atoms with Crippen molar-refractivity contribution in [2.24, 2.45) is 0 Å². The standard InChI is InChI=1S/C19H25FN8O3/c1-21-11-15-12-27(19(30)31-15)14-2-3-17(16(20)9-14)26-5-4-23-28(7-6-26)18(29)8-13-10-22-25-24-13/h2-3,9-10,15,21,23H,4-8,11-12H2,1H3,(H,22,24,25)/t15-/m0/s1. The molecule has 1 aromatic carbocycles. The number of likely N-dealkylation sites (N-methyl/N-ethyl adjacent to an activating group) is 1. The minimum atomic E-state index is -0.479. The number of carbonyl (C=O) groups excluding carboxylic acids is 2. The molecule has 0 aliphatic carbocycles. The van der Waals surface area contributed by atoms with Gasteiger partial charge in [-0.3, -0.25) is 14.7 Å². The number of hydrogen-bond acceptors (Lipinski definition) is 8. The predicted molar refractivity (Wildman–Crippen MR) is 110 cm³/mol. The van der Waals surface area contributed by atoms with Crippen LogP contribution in [-0.4, -0.2) is 84.8 Å². The molecule has 166 valence electrons. The summed E-state index contributed by atoms with van der Waals surface area (Å²) in [6, 6.07) is 4.73. The van der Waals surface area contributed by atoms with Gasteiger partial charge >= 0.3 is 6.09 Å². The van der Waals surface area contributed by atoms with Crippen LogP contribution in [0.25, 0.3) is 0 Å². The Balaban J connectivity index is 1.39. The van der Waals surface area contributed by atoms with Crippen molar-refractivity contribution in [2.75, 3.05) is 56.1 Å². The van der Waals surface area contributed by atoms with E-state index in [1.807, 2.05) is 4.90 Å². The average molecular weight is 432 g/mol. The molecule has 1 atom stereocenters. The summed E-state index contributed by atoms with van der Waals surface area (Å²) in [5.74, 6) is -0.556. The molecule has 1 aromatic heterocycles. The van der Waals surface area contributed by atoms with Crippen LogP contribution in [0.5, 0.6) is 0 Å². The number of carbonyl (C=O) groups is 2. The van der Waals surface area contributed by atoms with Crippen LogP contribution in [0.3, 0.4) is 0 Å². The summed E-state index contributed by atoms with van der Waals surface area (Å²) in [6.07, 6.45) is 0.897. The topological polar surface area (TPSA) is 119 Å². The highest BCUT2D eigenvalue weighted by Gasteiger charge is 2.32. The van der Waals surface area contributed by atoms with Gasteiger partial charge in [0.05, 0.1) is 42.8 Å². The van der Waals surface area contributed by atoms with E-state index in [9.17, 15) is 14.0 Å². The van der Waals surface area contributed by atoms with Crippen LogP contribution >= 0.6 is 0 Å². The zero-order chi connectivity index (χ0) is 21.8. The van der Waals surface area contributed by atoms with E-state index in [4.69, 9.17) is 4.74 Å². The molecule has 12 heteroatoms. The van der Waals surface area contributed by atoms with Gasteiger partial charge in [0, 0.05) is 26.2 Å². The molecule has 3 N–H and O–H groups in total. The second-order valence-electron chi connectivity index (χ2n) is 7.39. The molecule has 4 rings (SSSR count). The number of hydrogen-bond donors (Lipinski definition) is 3. The number of amides is 2. The van der Waals surface area contributed by atoms with Crippen molar-refractivity contribution in [3.05, 3.63) is 35.9 Å². The third-order valence-electron chi connectivity index (χ3n) is 5.27. The fourth-order valence-electron chi connectivity index (χ4n) is 3.73. The lowest BCUT2D eigenvalue weighted by Crippen LogP contribution is -2.44. The molecule has 0 spiro atoms. The smallest absolute Gasteiger partial charge is 0.414 e. The lowest BCUT2D eigenvalue weighted by Gasteiger charge is -2.24. The first kappa shape index (κ1) is 21.0. The van der Waals surface area contributed by atoms with Crippen molar-refractivity contribution in [3.63, 3.8) is 0 Å². The van der Waals surface area contributed by atoms with E-state index in [-0.39, 0.29) is 18.4 Å². The van der Waals surface area contributed by atoms with Crippen molar-refractivity contribution in [1.82, 2.24) is 31.2 Å². The summed E-state index contributed by atoms with van der Waals surface area (Å²) in [5.41, 5.74) is 4.53. The van der Waals surface area contributed by atoms with Gasteiger partial charge in [0.1, 0.15) is 11.9 Å². The molecular formula is C19H25FN8O3. The first-order valence-corrected chi connectivity index (χ1v) is 10.1. The molecule has 0 bridgehead atoms. The third kappa shape index (κ3) is 4.75. The number of rotatable bonds is 6. The van der Waals surface area contributed by atoms with Gasteiger partial charge in [-0.1, -0.05) is 0 Å². The Bertz CT molecular complexity index is 925. The second kappa shape index (κ2) is 9.27. The third-order valence-corrected chi connectivity index (χ3v) is 5.27. The van der Waals surface area contributed by atoms with Crippen LogP contribution in [0.4, 0.5) is 20.6 Å². The number of benzene rings is 1. The van der Waals surface area contributed by atoms with Gasteiger partial charge in [0.15, 0.2) is 0 Å². The van der Waals surface area contributed by atoms with Crippen molar-refractivity contribution < 1.29 is 18.7 Å². The molecule has 11 nitrogen and oxygen atoms in total. The fraction of sp³-hybridized carbons (Fsp3) is 0.474. The van der Waals surface area contributed by atoms with Crippen LogP contribution in [0.15, 0.2) is 24.4 Å². The lowest BCUT2D eigenvalue weighted by molar-refractivity contribution is -0.133. The number of halogens is 1. The number of aromatic amines is 1. The van der Waals surface area contributed by atoms with Crippen LogP contribution in [0.2, 0.25) is 0 Å². The Hall–Kier alpha value is -3.25. The highest BCUT2D eigenvalue weighted by Crippen LogP contribution is 2.28. The van der Waals surface area contributed by atoms with E-state index in [0.29, 0.717) is 56.3 Å². The van der Waals surface area contributed by atoms with Gasteiger partial charge < -0.3 is 15.0 Å². The number of ether oxygens (including phenoxy) is 1. The van der Waals surface area contributed by atoms with Crippen LogP contribution in [0.1, 0.15) is 5.69 Å². The molecular weight excluding hydrogens is 407 g/mol. The average Bonchev–Trinajstić information content (AvgIpc) is 3.31. The molecule has 2 saturated heterocycles.